The van der Waals surface area contributed by atoms with E-state index in [0.717, 1.165) is 11.3 Å². The number of carbonyl (C=O) groups is 4. The highest BCUT2D eigenvalue weighted by Crippen LogP contribution is 2.40. The molecule has 4 N–H and O–H groups in total. The number of benzene rings is 2. The summed E-state index contributed by atoms with van der Waals surface area (Å²) in [7, 11) is 4.76. The highest BCUT2D eigenvalue weighted by Gasteiger charge is 2.36. The van der Waals surface area contributed by atoms with E-state index in [9.17, 15) is 19.2 Å². The SMILES string of the molecule is COc1cc2c(cc1OCCCC(=O)Nc1cc(C(=O)Nc3cn(C)c(C(N)=O)n3)n(C)c1)N=CC1Cc3ccccc3N1C2=O. The van der Waals surface area contributed by atoms with Crippen LogP contribution in [0.25, 0.3) is 0 Å². The molecule has 2 aliphatic rings. The Balaban J connectivity index is 1.04. The van der Waals surface area contributed by atoms with Crippen LogP contribution in [0.2, 0.25) is 0 Å². The van der Waals surface area contributed by atoms with Crippen molar-refractivity contribution in [2.24, 2.45) is 24.8 Å². The fourth-order valence-electron chi connectivity index (χ4n) is 5.62. The summed E-state index contributed by atoms with van der Waals surface area (Å²) in [5.74, 6) is -0.614. The maximum atomic E-state index is 13.6. The molecule has 4 amide bonds. The number of fused-ring (bicyclic) bond motifs is 4. The Morgan fingerprint density at radius 2 is 1.85 bits per heavy atom. The van der Waals surface area contributed by atoms with Crippen LogP contribution in [0.15, 0.2) is 59.9 Å². The summed E-state index contributed by atoms with van der Waals surface area (Å²) in [4.78, 5) is 60.9. The van der Waals surface area contributed by atoms with Crippen LogP contribution in [0.5, 0.6) is 11.5 Å². The second-order valence-corrected chi connectivity index (χ2v) is 11.0. The van der Waals surface area contributed by atoms with Crippen molar-refractivity contribution in [2.75, 3.05) is 29.3 Å². The molecule has 236 valence electrons. The van der Waals surface area contributed by atoms with Gasteiger partial charge >= 0.3 is 0 Å². The molecule has 0 radical (unpaired) electrons. The zero-order valence-electron chi connectivity index (χ0n) is 25.4. The van der Waals surface area contributed by atoms with Crippen LogP contribution in [-0.2, 0) is 25.3 Å². The zero-order valence-corrected chi connectivity index (χ0v) is 25.4. The normalized spacial score (nSPS) is 14.6. The third-order valence-electron chi connectivity index (χ3n) is 7.79. The summed E-state index contributed by atoms with van der Waals surface area (Å²) < 4.78 is 14.5. The Hall–Kier alpha value is -5.92. The Morgan fingerprint density at radius 3 is 2.61 bits per heavy atom. The summed E-state index contributed by atoms with van der Waals surface area (Å²) in [6, 6.07) is 12.5. The molecule has 6 rings (SSSR count). The minimum absolute atomic E-state index is 0.00927. The number of aryl methyl sites for hydroxylation is 2. The smallest absolute Gasteiger partial charge is 0.284 e. The number of aromatic nitrogens is 3. The van der Waals surface area contributed by atoms with Crippen molar-refractivity contribution in [3.8, 4) is 11.5 Å². The number of methoxy groups -OCH3 is 1. The molecular formula is C32H32N8O6. The molecule has 4 heterocycles. The maximum Gasteiger partial charge on any atom is 0.284 e. The minimum atomic E-state index is -0.716. The summed E-state index contributed by atoms with van der Waals surface area (Å²) in [5.41, 5.74) is 8.89. The number of hydrogen-bond donors (Lipinski definition) is 3. The van der Waals surface area contributed by atoms with Crippen molar-refractivity contribution in [3.63, 3.8) is 0 Å². The van der Waals surface area contributed by atoms with Crippen molar-refractivity contribution in [3.05, 3.63) is 77.5 Å². The minimum Gasteiger partial charge on any atom is -0.493 e. The molecule has 14 nitrogen and oxygen atoms in total. The number of carbonyl (C=O) groups excluding carboxylic acids is 4. The van der Waals surface area contributed by atoms with Gasteiger partial charge in [-0.2, -0.15) is 0 Å². The first kappa shape index (κ1) is 30.1. The predicted molar refractivity (Wildman–Crippen MR) is 170 cm³/mol. The first-order valence-electron chi connectivity index (χ1n) is 14.5. The Kier molecular flexibility index (Phi) is 8.01. The molecule has 0 saturated carbocycles. The summed E-state index contributed by atoms with van der Waals surface area (Å²) in [6.07, 6.45) is 6.12. The van der Waals surface area contributed by atoms with Gasteiger partial charge < -0.3 is 35.0 Å². The number of primary amides is 1. The molecule has 2 aromatic heterocycles. The first-order valence-corrected chi connectivity index (χ1v) is 14.5. The molecule has 14 heteroatoms. The molecule has 0 saturated heterocycles. The quantitative estimate of drug-likeness (QED) is 0.227. The van der Waals surface area contributed by atoms with Crippen molar-refractivity contribution in [2.45, 2.75) is 25.3 Å². The molecule has 2 aliphatic heterocycles. The Morgan fingerprint density at radius 1 is 1.04 bits per heavy atom. The summed E-state index contributed by atoms with van der Waals surface area (Å²) in [6.45, 7) is 0.210. The van der Waals surface area contributed by atoms with Gasteiger partial charge in [0.2, 0.25) is 11.7 Å². The number of nitrogens with two attached hydrogens (primary N) is 1. The van der Waals surface area contributed by atoms with E-state index in [-0.39, 0.29) is 48.2 Å². The van der Waals surface area contributed by atoms with E-state index in [4.69, 9.17) is 15.2 Å². The average Bonchev–Trinajstić information content (AvgIpc) is 3.68. The van der Waals surface area contributed by atoms with Crippen LogP contribution in [0.1, 0.15) is 49.9 Å². The van der Waals surface area contributed by atoms with E-state index >= 15 is 0 Å². The summed E-state index contributed by atoms with van der Waals surface area (Å²) >= 11 is 0. The number of nitrogens with one attached hydrogen (secondary N) is 2. The van der Waals surface area contributed by atoms with Gasteiger partial charge in [0.05, 0.1) is 36.7 Å². The number of hydrogen-bond acceptors (Lipinski definition) is 8. The highest BCUT2D eigenvalue weighted by molar-refractivity contribution is 6.14. The van der Waals surface area contributed by atoms with Crippen LogP contribution < -0.4 is 30.7 Å². The van der Waals surface area contributed by atoms with E-state index < -0.39 is 11.8 Å². The fourth-order valence-corrected chi connectivity index (χ4v) is 5.62. The molecule has 46 heavy (non-hydrogen) atoms. The zero-order chi connectivity index (χ0) is 32.5. The van der Waals surface area contributed by atoms with E-state index in [0.29, 0.717) is 41.3 Å². The lowest BCUT2D eigenvalue weighted by atomic mass is 10.1. The lowest BCUT2D eigenvalue weighted by Crippen LogP contribution is -2.37. The van der Waals surface area contributed by atoms with Crippen molar-refractivity contribution in [1.82, 2.24) is 14.1 Å². The lowest BCUT2D eigenvalue weighted by molar-refractivity contribution is -0.116. The number of imidazole rings is 1. The average molecular weight is 625 g/mol. The third-order valence-corrected chi connectivity index (χ3v) is 7.79. The van der Waals surface area contributed by atoms with Crippen molar-refractivity contribution < 1.29 is 28.7 Å². The van der Waals surface area contributed by atoms with Gasteiger partial charge in [0, 0.05) is 57.3 Å². The number of aliphatic imine (C=N–C) groups is 1. The monoisotopic (exact) mass is 624 g/mol. The van der Waals surface area contributed by atoms with Gasteiger partial charge in [-0.1, -0.05) is 18.2 Å². The van der Waals surface area contributed by atoms with E-state index in [2.05, 4.69) is 20.6 Å². The van der Waals surface area contributed by atoms with E-state index in [1.165, 1.54) is 23.9 Å². The molecule has 2 aromatic carbocycles. The van der Waals surface area contributed by atoms with Gasteiger partial charge in [0.1, 0.15) is 5.69 Å². The molecule has 1 unspecified atom stereocenters. The van der Waals surface area contributed by atoms with Gasteiger partial charge in [-0.25, -0.2) is 4.98 Å². The van der Waals surface area contributed by atoms with Gasteiger partial charge in [-0.3, -0.25) is 29.1 Å². The van der Waals surface area contributed by atoms with Gasteiger partial charge in [0.25, 0.3) is 17.7 Å². The fraction of sp³-hybridized carbons (Fsp3) is 0.250. The molecule has 1 atom stereocenters. The molecule has 4 aromatic rings. The lowest BCUT2D eigenvalue weighted by Gasteiger charge is -2.22. The number of para-hydroxylation sites is 1. The largest absolute Gasteiger partial charge is 0.493 e. The van der Waals surface area contributed by atoms with E-state index in [1.807, 2.05) is 24.3 Å². The van der Waals surface area contributed by atoms with Crippen LogP contribution in [0.4, 0.5) is 22.9 Å². The number of ether oxygens (including phenoxy) is 2. The second-order valence-electron chi connectivity index (χ2n) is 11.0. The molecule has 0 bridgehead atoms. The first-order chi connectivity index (χ1) is 22.1. The van der Waals surface area contributed by atoms with Crippen molar-refractivity contribution >= 4 is 52.7 Å². The molecule has 0 fully saturated rings. The predicted octanol–water partition coefficient (Wildman–Crippen LogP) is 3.20. The van der Waals surface area contributed by atoms with Crippen LogP contribution >= 0.6 is 0 Å². The van der Waals surface area contributed by atoms with Crippen LogP contribution in [0, 0.1) is 0 Å². The van der Waals surface area contributed by atoms with Gasteiger partial charge in [0.15, 0.2) is 17.3 Å². The molecule has 0 aliphatic carbocycles. The number of nitrogens with zero attached hydrogens (tertiary/aromatic N) is 5. The third kappa shape index (κ3) is 5.79. The Labute approximate surface area is 263 Å². The standard InChI is InChI=1S/C32H32N8O6/c1-38-16-19(12-24(38)31(43)37-27-17-39(2)30(36-27)29(33)42)35-28(41)9-6-10-46-26-14-22-21(13-25(26)45-3)32(44)40-20(15-34-22)11-18-7-4-5-8-23(18)40/h4-5,7-8,12-17,20H,6,9-11H2,1-3H3,(H2,33,42)(H,35,41)(H,37,43). The van der Waals surface area contributed by atoms with Crippen molar-refractivity contribution in [1.29, 1.82) is 0 Å². The second kappa shape index (κ2) is 12.2. The number of rotatable bonds is 10. The van der Waals surface area contributed by atoms with E-state index in [1.54, 1.807) is 48.1 Å². The molecule has 0 spiro atoms. The number of amides is 4. The van der Waals surface area contributed by atoms with Gasteiger partial charge in [-0.15, -0.1) is 0 Å². The molecular weight excluding hydrogens is 592 g/mol. The maximum absolute atomic E-state index is 13.6. The number of anilines is 3. The van der Waals surface area contributed by atoms with Crippen LogP contribution in [-0.4, -0.2) is 63.7 Å². The van der Waals surface area contributed by atoms with Gasteiger partial charge in [-0.05, 0) is 30.2 Å². The van der Waals surface area contributed by atoms with Crippen LogP contribution in [0.3, 0.4) is 0 Å². The topological polar surface area (TPSA) is 175 Å². The summed E-state index contributed by atoms with van der Waals surface area (Å²) in [5, 5.41) is 5.41. The highest BCUT2D eigenvalue weighted by atomic mass is 16.5. The Bertz CT molecular complexity index is 1910.